The Morgan fingerprint density at radius 1 is 1.00 bits per heavy atom. The minimum atomic E-state index is -5.08. The Labute approximate surface area is 244 Å². The monoisotopic (exact) mass is 648 g/mol. The van der Waals surface area contributed by atoms with Crippen LogP contribution in [0.4, 0.5) is 32.0 Å². The Kier molecular flexibility index (Phi) is 11.1. The van der Waals surface area contributed by atoms with E-state index in [2.05, 4.69) is 20.6 Å². The van der Waals surface area contributed by atoms with Crippen LogP contribution in [0.5, 0.6) is 0 Å². The number of aromatic nitrogens is 2. The van der Waals surface area contributed by atoms with Crippen molar-refractivity contribution in [2.24, 2.45) is 5.73 Å². The lowest BCUT2D eigenvalue weighted by atomic mass is 10.0. The van der Waals surface area contributed by atoms with Gasteiger partial charge in [0.2, 0.25) is 21.7 Å². The van der Waals surface area contributed by atoms with Crippen molar-refractivity contribution in [1.29, 1.82) is 5.41 Å². The van der Waals surface area contributed by atoms with Gasteiger partial charge in [-0.15, -0.1) is 0 Å². The van der Waals surface area contributed by atoms with Crippen LogP contribution < -0.4 is 16.4 Å². The average Bonchev–Trinajstić information content (AvgIpc) is 2.92. The molecule has 0 spiro atoms. The molecule has 2 amide bonds. The molecule has 2 aromatic carbocycles. The summed E-state index contributed by atoms with van der Waals surface area (Å²) >= 11 is 0. The van der Waals surface area contributed by atoms with Crippen molar-refractivity contribution in [1.82, 2.24) is 15.3 Å². The summed E-state index contributed by atoms with van der Waals surface area (Å²) in [6.45, 7) is 1.39. The van der Waals surface area contributed by atoms with Crippen LogP contribution >= 0.6 is 0 Å². The van der Waals surface area contributed by atoms with E-state index >= 15 is 0 Å². The SMILES string of the molecule is C[C@H](NC(=O)CC(=O)Nc1ccc(C(=N)N)cc1)c1ccc(S(=O)(=O)c2cnccn2)c(C(F)(F)F)c1.O=C(O)C(F)(F)F. The number of halogens is 6. The molecule has 0 fully saturated rings. The predicted molar refractivity (Wildman–Crippen MR) is 140 cm³/mol. The van der Waals surface area contributed by atoms with E-state index in [1.807, 2.05) is 0 Å². The molecule has 3 rings (SSSR count). The van der Waals surface area contributed by atoms with Crippen molar-refractivity contribution in [2.75, 3.05) is 5.32 Å². The molecule has 1 aromatic heterocycles. The van der Waals surface area contributed by atoms with Crippen molar-refractivity contribution in [3.05, 3.63) is 77.7 Å². The van der Waals surface area contributed by atoms with Gasteiger partial charge in [-0.05, 0) is 48.9 Å². The number of aliphatic carboxylic acids is 1. The number of nitrogens with zero attached hydrogens (tertiary/aromatic N) is 2. The fraction of sp³-hybridized carbons (Fsp3) is 0.200. The molecular formula is C25H22F6N6O6S. The van der Waals surface area contributed by atoms with Crippen LogP contribution in [0.15, 0.2) is 71.0 Å². The van der Waals surface area contributed by atoms with E-state index in [9.17, 15) is 44.3 Å². The van der Waals surface area contributed by atoms with E-state index in [1.165, 1.54) is 37.4 Å². The molecule has 0 aliphatic rings. The summed E-state index contributed by atoms with van der Waals surface area (Å²) in [5, 5.41) is 18.7. The number of benzene rings is 2. The molecule has 6 N–H and O–H groups in total. The molecule has 236 valence electrons. The summed E-state index contributed by atoms with van der Waals surface area (Å²) in [5.74, 6) is -4.36. The van der Waals surface area contributed by atoms with E-state index < -0.39 is 67.9 Å². The number of amidine groups is 1. The minimum absolute atomic E-state index is 0.0287. The zero-order chi connectivity index (χ0) is 33.5. The molecule has 19 heteroatoms. The Bertz CT molecular complexity index is 1630. The maximum absolute atomic E-state index is 13.8. The van der Waals surface area contributed by atoms with Gasteiger partial charge in [0, 0.05) is 23.6 Å². The lowest BCUT2D eigenvalue weighted by Crippen LogP contribution is -2.30. The van der Waals surface area contributed by atoms with Crippen molar-refractivity contribution >= 4 is 39.1 Å². The van der Waals surface area contributed by atoms with Gasteiger partial charge in [0.15, 0.2) is 5.03 Å². The van der Waals surface area contributed by atoms with E-state index in [0.29, 0.717) is 17.3 Å². The molecule has 0 unspecified atom stereocenters. The number of nitrogens with one attached hydrogen (secondary N) is 3. The first-order chi connectivity index (χ1) is 20.2. The number of nitrogen functional groups attached to an aromatic ring is 1. The van der Waals surface area contributed by atoms with E-state index in [4.69, 9.17) is 21.0 Å². The number of anilines is 1. The normalized spacial score (nSPS) is 12.2. The lowest BCUT2D eigenvalue weighted by Gasteiger charge is -2.18. The van der Waals surface area contributed by atoms with Crippen molar-refractivity contribution in [3.63, 3.8) is 0 Å². The van der Waals surface area contributed by atoms with Gasteiger partial charge in [-0.2, -0.15) is 26.3 Å². The smallest absolute Gasteiger partial charge is 0.475 e. The highest BCUT2D eigenvalue weighted by atomic mass is 32.2. The number of nitrogens with two attached hydrogens (primary N) is 1. The molecular weight excluding hydrogens is 626 g/mol. The van der Waals surface area contributed by atoms with Crippen molar-refractivity contribution in [3.8, 4) is 0 Å². The van der Waals surface area contributed by atoms with Gasteiger partial charge in [0.05, 0.1) is 22.7 Å². The second-order valence-electron chi connectivity index (χ2n) is 8.61. The number of amides is 2. The van der Waals surface area contributed by atoms with Crippen LogP contribution in [-0.4, -0.2) is 53.3 Å². The fourth-order valence-corrected chi connectivity index (χ4v) is 4.61. The number of carboxylic acids is 1. The van der Waals surface area contributed by atoms with Crippen LogP contribution in [0.1, 0.15) is 36.1 Å². The first-order valence-electron chi connectivity index (χ1n) is 11.8. The average molecular weight is 649 g/mol. The molecule has 0 bridgehead atoms. The number of carbonyl (C=O) groups excluding carboxylic acids is 2. The Balaban J connectivity index is 0.000000860. The molecule has 0 aliphatic heterocycles. The van der Waals surface area contributed by atoms with Crippen LogP contribution in [0.25, 0.3) is 0 Å². The van der Waals surface area contributed by atoms with Gasteiger partial charge in [-0.25, -0.2) is 18.2 Å². The maximum atomic E-state index is 13.8. The number of rotatable bonds is 8. The third-order valence-electron chi connectivity index (χ3n) is 5.33. The summed E-state index contributed by atoms with van der Waals surface area (Å²) in [7, 11) is -4.62. The topological polar surface area (TPSA) is 205 Å². The number of hydrogen-bond acceptors (Lipinski definition) is 8. The second-order valence-corrected chi connectivity index (χ2v) is 10.5. The summed E-state index contributed by atoms with van der Waals surface area (Å²) in [6.07, 6.45) is -7.66. The highest BCUT2D eigenvalue weighted by Crippen LogP contribution is 2.37. The fourth-order valence-electron chi connectivity index (χ4n) is 3.27. The highest BCUT2D eigenvalue weighted by Gasteiger charge is 2.39. The molecule has 3 aromatic rings. The summed E-state index contributed by atoms with van der Waals surface area (Å²) in [4.78, 5) is 39.6. The van der Waals surface area contributed by atoms with Crippen LogP contribution in [-0.2, 0) is 30.4 Å². The van der Waals surface area contributed by atoms with Gasteiger partial charge < -0.3 is 21.5 Å². The zero-order valence-corrected chi connectivity index (χ0v) is 23.0. The molecule has 12 nitrogen and oxygen atoms in total. The van der Waals surface area contributed by atoms with E-state index in [-0.39, 0.29) is 11.4 Å². The molecule has 1 atom stereocenters. The van der Waals surface area contributed by atoms with Gasteiger partial charge in [-0.1, -0.05) is 6.07 Å². The standard InChI is InChI=1S/C23H21F3N6O4S.C2HF3O2/c1-13(31-19(33)11-20(34)32-16-5-2-14(3-6-16)22(27)28)15-4-7-18(17(10-15)23(24,25)26)37(35,36)21-12-29-8-9-30-21;3-2(4,5)1(6)7/h2-10,12-13H,11H2,1H3,(H3,27,28)(H,31,33)(H,32,34);(H,6,7)/t13-;/m0./s1. The van der Waals surface area contributed by atoms with Gasteiger partial charge in [-0.3, -0.25) is 20.0 Å². The molecule has 44 heavy (non-hydrogen) atoms. The Morgan fingerprint density at radius 2 is 1.59 bits per heavy atom. The molecule has 0 aliphatic carbocycles. The van der Waals surface area contributed by atoms with Crippen molar-refractivity contribution < 1.29 is 54.3 Å². The largest absolute Gasteiger partial charge is 0.490 e. The first-order valence-corrected chi connectivity index (χ1v) is 13.3. The van der Waals surface area contributed by atoms with Crippen LogP contribution in [0.3, 0.4) is 0 Å². The number of sulfone groups is 1. The second kappa shape index (κ2) is 13.9. The van der Waals surface area contributed by atoms with Gasteiger partial charge in [0.1, 0.15) is 12.3 Å². The number of carbonyl (C=O) groups is 3. The third-order valence-corrected chi connectivity index (χ3v) is 7.03. The zero-order valence-electron chi connectivity index (χ0n) is 22.2. The van der Waals surface area contributed by atoms with E-state index in [1.54, 1.807) is 0 Å². The number of alkyl halides is 6. The molecule has 0 saturated carbocycles. The highest BCUT2D eigenvalue weighted by molar-refractivity contribution is 7.91. The summed E-state index contributed by atoms with van der Waals surface area (Å²) < 4.78 is 98.6. The number of carboxylic acid groups (broad SMARTS) is 1. The predicted octanol–water partition coefficient (Wildman–Crippen LogP) is 3.45. The lowest BCUT2D eigenvalue weighted by molar-refractivity contribution is -0.192. The van der Waals surface area contributed by atoms with E-state index in [0.717, 1.165) is 24.5 Å². The minimum Gasteiger partial charge on any atom is -0.475 e. The van der Waals surface area contributed by atoms with Crippen LogP contribution in [0.2, 0.25) is 0 Å². The van der Waals surface area contributed by atoms with Gasteiger partial charge in [0.25, 0.3) is 0 Å². The Morgan fingerprint density at radius 3 is 2.07 bits per heavy atom. The third kappa shape index (κ3) is 9.75. The Hall–Kier alpha value is -5.07. The maximum Gasteiger partial charge on any atom is 0.490 e. The quantitative estimate of drug-likeness (QED) is 0.105. The molecule has 0 saturated heterocycles. The first kappa shape index (κ1) is 35.1. The molecule has 1 heterocycles. The summed E-state index contributed by atoms with van der Waals surface area (Å²) in [5.41, 5.74) is 4.70. The van der Waals surface area contributed by atoms with Gasteiger partial charge >= 0.3 is 18.3 Å². The molecule has 0 radical (unpaired) electrons. The number of hydrogen-bond donors (Lipinski definition) is 5. The van der Waals surface area contributed by atoms with Crippen LogP contribution in [0, 0.1) is 5.41 Å². The summed E-state index contributed by atoms with van der Waals surface area (Å²) in [6, 6.07) is 7.57. The van der Waals surface area contributed by atoms with Crippen molar-refractivity contribution in [2.45, 2.75) is 41.7 Å².